The van der Waals surface area contributed by atoms with E-state index in [-0.39, 0.29) is 0 Å². The summed E-state index contributed by atoms with van der Waals surface area (Å²) in [5.41, 5.74) is 4.50. The number of aromatic nitrogens is 3. The lowest BCUT2D eigenvalue weighted by Crippen LogP contribution is -2.35. The van der Waals surface area contributed by atoms with E-state index in [1.807, 2.05) is 30.9 Å². The molecule has 31 heavy (non-hydrogen) atoms. The van der Waals surface area contributed by atoms with Crippen LogP contribution >= 0.6 is 12.2 Å². The summed E-state index contributed by atoms with van der Waals surface area (Å²) in [7, 11) is 0. The van der Waals surface area contributed by atoms with Gasteiger partial charge in [-0.2, -0.15) is 0 Å². The number of benzene rings is 2. The Morgan fingerprint density at radius 2 is 1.71 bits per heavy atom. The van der Waals surface area contributed by atoms with Crippen molar-refractivity contribution in [3.05, 3.63) is 103 Å². The fourth-order valence-corrected chi connectivity index (χ4v) is 3.68. The Hall–Kier alpha value is -3.51. The third kappa shape index (κ3) is 5.99. The highest BCUT2D eigenvalue weighted by molar-refractivity contribution is 7.80. The van der Waals surface area contributed by atoms with E-state index in [1.165, 1.54) is 11.1 Å². The maximum absolute atomic E-state index is 5.77. The zero-order valence-electron chi connectivity index (χ0n) is 17.3. The first-order valence-electron chi connectivity index (χ1n) is 10.3. The van der Waals surface area contributed by atoms with E-state index in [0.29, 0.717) is 11.7 Å². The third-order valence-electron chi connectivity index (χ3n) is 5.03. The van der Waals surface area contributed by atoms with Crippen LogP contribution in [0.3, 0.4) is 0 Å². The quantitative estimate of drug-likeness (QED) is 0.390. The lowest BCUT2D eigenvalue weighted by Gasteiger charge is -2.26. The SMILES string of the molecule is S=C(Nc1ccc(-c2ccccc2)cc1)N(CCCn1ccnc1)Cc1cccnc1. The molecule has 2 heterocycles. The zero-order valence-corrected chi connectivity index (χ0v) is 18.1. The Bertz CT molecular complexity index is 1060. The molecule has 0 fully saturated rings. The van der Waals surface area contributed by atoms with Gasteiger partial charge in [-0.05, 0) is 53.5 Å². The summed E-state index contributed by atoms with van der Waals surface area (Å²) >= 11 is 5.77. The summed E-state index contributed by atoms with van der Waals surface area (Å²) in [6.07, 6.45) is 10.3. The van der Waals surface area contributed by atoms with Gasteiger partial charge in [0.15, 0.2) is 5.11 Å². The second-order valence-electron chi connectivity index (χ2n) is 7.31. The van der Waals surface area contributed by atoms with Crippen molar-refractivity contribution in [2.75, 3.05) is 11.9 Å². The van der Waals surface area contributed by atoms with Crippen LogP contribution < -0.4 is 5.32 Å². The van der Waals surface area contributed by atoms with Crippen LogP contribution in [0.5, 0.6) is 0 Å². The summed E-state index contributed by atoms with van der Waals surface area (Å²) < 4.78 is 2.08. The van der Waals surface area contributed by atoms with Gasteiger partial charge in [-0.3, -0.25) is 4.98 Å². The molecule has 1 N–H and O–H groups in total. The van der Waals surface area contributed by atoms with E-state index in [0.717, 1.165) is 30.8 Å². The van der Waals surface area contributed by atoms with Crippen LogP contribution in [0.2, 0.25) is 0 Å². The molecule has 0 amide bonds. The number of rotatable bonds is 8. The molecule has 2 aromatic carbocycles. The number of anilines is 1. The highest BCUT2D eigenvalue weighted by Crippen LogP contribution is 2.21. The van der Waals surface area contributed by atoms with E-state index in [1.54, 1.807) is 12.4 Å². The van der Waals surface area contributed by atoms with Crippen LogP contribution in [0.4, 0.5) is 5.69 Å². The number of nitrogens with zero attached hydrogens (tertiary/aromatic N) is 4. The van der Waals surface area contributed by atoms with Crippen LogP contribution in [0, 0.1) is 0 Å². The zero-order chi connectivity index (χ0) is 21.3. The summed E-state index contributed by atoms with van der Waals surface area (Å²) in [6, 6.07) is 22.8. The van der Waals surface area contributed by atoms with E-state index < -0.39 is 0 Å². The highest BCUT2D eigenvalue weighted by Gasteiger charge is 2.11. The molecular formula is C25H25N5S. The molecule has 0 atom stereocenters. The molecule has 0 spiro atoms. The molecule has 5 nitrogen and oxygen atoms in total. The molecule has 0 saturated carbocycles. The van der Waals surface area contributed by atoms with Gasteiger partial charge >= 0.3 is 0 Å². The van der Waals surface area contributed by atoms with Crippen molar-refractivity contribution < 1.29 is 0 Å². The van der Waals surface area contributed by atoms with Gasteiger partial charge in [-0.15, -0.1) is 0 Å². The van der Waals surface area contributed by atoms with Gasteiger partial charge < -0.3 is 14.8 Å². The van der Waals surface area contributed by atoms with Crippen LogP contribution in [0.25, 0.3) is 11.1 Å². The van der Waals surface area contributed by atoms with Gasteiger partial charge in [-0.1, -0.05) is 48.5 Å². The van der Waals surface area contributed by atoms with Crippen LogP contribution in [0.1, 0.15) is 12.0 Å². The van der Waals surface area contributed by atoms with Crippen LogP contribution in [-0.4, -0.2) is 31.1 Å². The molecule has 0 saturated heterocycles. The fraction of sp³-hybridized carbons (Fsp3) is 0.160. The Labute approximate surface area is 188 Å². The number of imidazole rings is 1. The monoisotopic (exact) mass is 427 g/mol. The largest absolute Gasteiger partial charge is 0.345 e. The Morgan fingerprint density at radius 1 is 0.903 bits per heavy atom. The minimum absolute atomic E-state index is 0.710. The van der Waals surface area contributed by atoms with Crippen molar-refractivity contribution in [2.24, 2.45) is 0 Å². The summed E-state index contributed by atoms with van der Waals surface area (Å²) in [5.74, 6) is 0. The molecule has 0 aliphatic carbocycles. The van der Waals surface area contributed by atoms with Crippen molar-refractivity contribution in [1.82, 2.24) is 19.4 Å². The van der Waals surface area contributed by atoms with Gasteiger partial charge in [0.25, 0.3) is 0 Å². The molecule has 2 aromatic heterocycles. The minimum atomic E-state index is 0.710. The standard InChI is InChI=1S/C25H25N5S/c31-25(28-24-11-9-23(10-12-24)22-7-2-1-3-8-22)30(19-21-6-4-13-26-18-21)16-5-15-29-17-14-27-20-29/h1-4,6-14,17-18,20H,5,15-16,19H2,(H,28,31). The van der Waals surface area contributed by atoms with Crippen LogP contribution in [0.15, 0.2) is 97.8 Å². The molecule has 0 aliphatic heterocycles. The van der Waals surface area contributed by atoms with Crippen molar-refractivity contribution in [1.29, 1.82) is 0 Å². The van der Waals surface area contributed by atoms with Crippen molar-refractivity contribution in [3.8, 4) is 11.1 Å². The molecule has 4 rings (SSSR count). The summed E-state index contributed by atoms with van der Waals surface area (Å²) in [6.45, 7) is 2.45. The molecule has 0 aliphatic rings. The van der Waals surface area contributed by atoms with Gasteiger partial charge in [0.2, 0.25) is 0 Å². The number of hydrogen-bond acceptors (Lipinski definition) is 3. The highest BCUT2D eigenvalue weighted by atomic mass is 32.1. The average molecular weight is 428 g/mol. The molecule has 4 aromatic rings. The normalized spacial score (nSPS) is 10.6. The molecule has 156 valence electrons. The molecule has 0 unspecified atom stereocenters. The van der Waals surface area contributed by atoms with E-state index >= 15 is 0 Å². The molecular weight excluding hydrogens is 402 g/mol. The molecule has 6 heteroatoms. The van der Waals surface area contributed by atoms with Crippen molar-refractivity contribution >= 4 is 23.0 Å². The Morgan fingerprint density at radius 3 is 2.42 bits per heavy atom. The second-order valence-corrected chi connectivity index (χ2v) is 7.70. The van der Waals surface area contributed by atoms with Gasteiger partial charge in [0, 0.05) is 50.1 Å². The Kier molecular flexibility index (Phi) is 7.03. The predicted octanol–water partition coefficient (Wildman–Crippen LogP) is 5.23. The summed E-state index contributed by atoms with van der Waals surface area (Å²) in [4.78, 5) is 10.5. The fourth-order valence-electron chi connectivity index (χ4n) is 3.41. The average Bonchev–Trinajstić information content (AvgIpc) is 3.34. The van der Waals surface area contributed by atoms with E-state index in [4.69, 9.17) is 12.2 Å². The van der Waals surface area contributed by atoms with Crippen LogP contribution in [-0.2, 0) is 13.1 Å². The molecule has 0 radical (unpaired) electrons. The lowest BCUT2D eigenvalue weighted by atomic mass is 10.1. The smallest absolute Gasteiger partial charge is 0.173 e. The third-order valence-corrected chi connectivity index (χ3v) is 5.39. The second kappa shape index (κ2) is 10.5. The number of hydrogen-bond donors (Lipinski definition) is 1. The van der Waals surface area contributed by atoms with Gasteiger partial charge in [0.1, 0.15) is 0 Å². The summed E-state index contributed by atoms with van der Waals surface area (Å²) in [5, 5.41) is 4.11. The maximum atomic E-state index is 5.77. The first kappa shape index (κ1) is 20.8. The number of aryl methyl sites for hydroxylation is 1. The van der Waals surface area contributed by atoms with E-state index in [2.05, 4.69) is 79.3 Å². The predicted molar refractivity (Wildman–Crippen MR) is 130 cm³/mol. The first-order chi connectivity index (χ1) is 15.3. The maximum Gasteiger partial charge on any atom is 0.173 e. The first-order valence-corrected chi connectivity index (χ1v) is 10.7. The Balaban J connectivity index is 1.41. The molecule has 0 bridgehead atoms. The van der Waals surface area contributed by atoms with Gasteiger partial charge in [-0.25, -0.2) is 4.98 Å². The van der Waals surface area contributed by atoms with Crippen molar-refractivity contribution in [3.63, 3.8) is 0 Å². The minimum Gasteiger partial charge on any atom is -0.345 e. The number of thiocarbonyl (C=S) groups is 1. The van der Waals surface area contributed by atoms with Crippen molar-refractivity contribution in [2.45, 2.75) is 19.5 Å². The van der Waals surface area contributed by atoms with Gasteiger partial charge in [0.05, 0.1) is 6.33 Å². The number of pyridine rings is 1. The number of nitrogens with one attached hydrogen (secondary N) is 1. The lowest BCUT2D eigenvalue weighted by molar-refractivity contribution is 0.395. The topological polar surface area (TPSA) is 46.0 Å². The van der Waals surface area contributed by atoms with E-state index in [9.17, 15) is 0 Å².